The molecule has 2 N–H and O–H groups in total. The van der Waals surface area contributed by atoms with Crippen molar-refractivity contribution in [2.24, 2.45) is 5.92 Å². The van der Waals surface area contributed by atoms with E-state index in [0.29, 0.717) is 12.0 Å². The Morgan fingerprint density at radius 3 is 2.44 bits per heavy atom. The lowest BCUT2D eigenvalue weighted by atomic mass is 9.99. The van der Waals surface area contributed by atoms with E-state index in [1.165, 1.54) is 11.3 Å². The Bertz CT molecular complexity index is 453. The van der Waals surface area contributed by atoms with Crippen molar-refractivity contribution >= 4 is 23.2 Å². The van der Waals surface area contributed by atoms with Crippen LogP contribution in [0.5, 0.6) is 0 Å². The summed E-state index contributed by atoms with van der Waals surface area (Å²) in [7, 11) is 0. The van der Waals surface area contributed by atoms with Crippen LogP contribution in [0.3, 0.4) is 0 Å². The topological polar surface area (TPSA) is 66.4 Å². The number of thiophene rings is 1. The highest BCUT2D eigenvalue weighted by molar-refractivity contribution is 7.10. The molecule has 1 aromatic rings. The Hall–Kier alpha value is -1.36. The summed E-state index contributed by atoms with van der Waals surface area (Å²) in [5, 5.41) is 13.5. The Balaban J connectivity index is 2.85. The summed E-state index contributed by atoms with van der Waals surface area (Å²) in [6, 6.07) is -0.831. The number of carbonyl (C=O) groups excluding carboxylic acids is 1. The molecule has 4 nitrogen and oxygen atoms in total. The van der Waals surface area contributed by atoms with E-state index in [-0.39, 0.29) is 11.8 Å². The summed E-state index contributed by atoms with van der Waals surface area (Å²) in [6.45, 7) is 7.55. The molecular weight excluding hydrogens is 250 g/mol. The van der Waals surface area contributed by atoms with Crippen LogP contribution in [0, 0.1) is 19.8 Å². The van der Waals surface area contributed by atoms with E-state index < -0.39 is 12.0 Å². The van der Waals surface area contributed by atoms with Crippen LogP contribution in [-0.2, 0) is 4.79 Å². The largest absolute Gasteiger partial charge is 0.480 e. The smallest absolute Gasteiger partial charge is 0.326 e. The molecule has 0 aliphatic heterocycles. The van der Waals surface area contributed by atoms with Crippen molar-refractivity contribution in [3.05, 3.63) is 21.4 Å². The molecule has 0 radical (unpaired) electrons. The molecule has 2 unspecified atom stereocenters. The average molecular weight is 269 g/mol. The highest BCUT2D eigenvalue weighted by Crippen LogP contribution is 2.21. The van der Waals surface area contributed by atoms with E-state index >= 15 is 0 Å². The maximum Gasteiger partial charge on any atom is 0.326 e. The van der Waals surface area contributed by atoms with Gasteiger partial charge < -0.3 is 10.4 Å². The van der Waals surface area contributed by atoms with E-state index in [9.17, 15) is 9.59 Å². The Morgan fingerprint density at radius 2 is 2.06 bits per heavy atom. The van der Waals surface area contributed by atoms with E-state index in [1.807, 2.05) is 27.7 Å². The lowest BCUT2D eigenvalue weighted by Crippen LogP contribution is -2.45. The number of nitrogens with one attached hydrogen (secondary N) is 1. The van der Waals surface area contributed by atoms with Gasteiger partial charge in [-0.05, 0) is 25.3 Å². The van der Waals surface area contributed by atoms with Crippen molar-refractivity contribution < 1.29 is 14.7 Å². The number of carboxylic acid groups (broad SMARTS) is 1. The molecule has 5 heteroatoms. The summed E-state index contributed by atoms with van der Waals surface area (Å²) in [4.78, 5) is 24.3. The summed E-state index contributed by atoms with van der Waals surface area (Å²) in [5.74, 6) is -1.38. The number of rotatable bonds is 5. The third-order valence-electron chi connectivity index (χ3n) is 3.30. The zero-order valence-corrected chi connectivity index (χ0v) is 11.9. The van der Waals surface area contributed by atoms with Gasteiger partial charge in [0.1, 0.15) is 6.04 Å². The quantitative estimate of drug-likeness (QED) is 0.863. The van der Waals surface area contributed by atoms with Crippen LogP contribution < -0.4 is 5.32 Å². The number of aryl methyl sites for hydroxylation is 1. The number of hydrogen-bond acceptors (Lipinski definition) is 3. The lowest BCUT2D eigenvalue weighted by Gasteiger charge is -2.20. The zero-order chi connectivity index (χ0) is 13.9. The Labute approximate surface area is 111 Å². The molecule has 0 aliphatic carbocycles. The Morgan fingerprint density at radius 1 is 1.44 bits per heavy atom. The number of aliphatic carboxylic acids is 1. The molecule has 0 fully saturated rings. The van der Waals surface area contributed by atoms with Gasteiger partial charge in [0.2, 0.25) is 0 Å². The van der Waals surface area contributed by atoms with Crippen molar-refractivity contribution in [3.63, 3.8) is 0 Å². The third-order valence-corrected chi connectivity index (χ3v) is 4.31. The fourth-order valence-corrected chi connectivity index (χ4v) is 2.50. The molecule has 0 aliphatic rings. The first-order valence-electron chi connectivity index (χ1n) is 5.96. The number of hydrogen-bond donors (Lipinski definition) is 2. The predicted molar refractivity (Wildman–Crippen MR) is 72.1 cm³/mol. The second-order valence-electron chi connectivity index (χ2n) is 4.51. The molecule has 1 amide bonds. The minimum absolute atomic E-state index is 0.0912. The molecule has 0 bridgehead atoms. The fraction of sp³-hybridized carbons (Fsp3) is 0.538. The first-order valence-corrected chi connectivity index (χ1v) is 6.84. The molecule has 0 aromatic carbocycles. The Kier molecular flexibility index (Phi) is 4.90. The maximum absolute atomic E-state index is 12.0. The molecule has 0 saturated carbocycles. The zero-order valence-electron chi connectivity index (χ0n) is 11.1. The van der Waals surface area contributed by atoms with Gasteiger partial charge in [0, 0.05) is 10.3 Å². The monoisotopic (exact) mass is 269 g/mol. The molecular formula is C13H19NO3S. The van der Waals surface area contributed by atoms with E-state index in [1.54, 1.807) is 5.38 Å². The second kappa shape index (κ2) is 6.00. The standard InChI is InChI=1S/C13H19NO3S/c1-5-7(2)11(13(16)17)14-12(15)10-6-18-9(4)8(10)3/h6-7,11H,5H2,1-4H3,(H,14,15)(H,16,17). The van der Waals surface area contributed by atoms with Gasteiger partial charge in [-0.15, -0.1) is 11.3 Å². The average Bonchev–Trinajstić information content (AvgIpc) is 2.65. The maximum atomic E-state index is 12.0. The number of carboxylic acids is 1. The normalized spacial score (nSPS) is 14.0. The van der Waals surface area contributed by atoms with Gasteiger partial charge in [-0.2, -0.15) is 0 Å². The van der Waals surface area contributed by atoms with Gasteiger partial charge in [-0.25, -0.2) is 4.79 Å². The summed E-state index contributed by atoms with van der Waals surface area (Å²) < 4.78 is 0. The van der Waals surface area contributed by atoms with Crippen LogP contribution in [0.25, 0.3) is 0 Å². The first-order chi connectivity index (χ1) is 8.38. The number of amides is 1. The predicted octanol–water partition coefficient (Wildman–Crippen LogP) is 2.59. The fourth-order valence-electron chi connectivity index (χ4n) is 1.64. The molecule has 100 valence electrons. The molecule has 0 spiro atoms. The minimum atomic E-state index is -0.984. The van der Waals surface area contributed by atoms with Gasteiger partial charge in [0.25, 0.3) is 5.91 Å². The minimum Gasteiger partial charge on any atom is -0.480 e. The van der Waals surface area contributed by atoms with Gasteiger partial charge in [0.15, 0.2) is 0 Å². The highest BCUT2D eigenvalue weighted by Gasteiger charge is 2.26. The molecule has 18 heavy (non-hydrogen) atoms. The van der Waals surface area contributed by atoms with Crippen molar-refractivity contribution in [2.45, 2.75) is 40.2 Å². The molecule has 2 atom stereocenters. The molecule has 0 saturated heterocycles. The third kappa shape index (κ3) is 3.10. The summed E-state index contributed by atoms with van der Waals surface area (Å²) >= 11 is 1.50. The van der Waals surface area contributed by atoms with E-state index in [0.717, 1.165) is 10.4 Å². The van der Waals surface area contributed by atoms with Crippen LogP contribution in [0.1, 0.15) is 41.1 Å². The van der Waals surface area contributed by atoms with Crippen LogP contribution in [0.4, 0.5) is 0 Å². The van der Waals surface area contributed by atoms with Crippen LogP contribution in [-0.4, -0.2) is 23.0 Å². The van der Waals surface area contributed by atoms with Crippen molar-refractivity contribution in [2.75, 3.05) is 0 Å². The molecule has 1 heterocycles. The van der Waals surface area contributed by atoms with Crippen molar-refractivity contribution in [1.82, 2.24) is 5.32 Å². The lowest BCUT2D eigenvalue weighted by molar-refractivity contribution is -0.140. The van der Waals surface area contributed by atoms with Crippen molar-refractivity contribution in [1.29, 1.82) is 0 Å². The van der Waals surface area contributed by atoms with Gasteiger partial charge in [0.05, 0.1) is 5.56 Å². The van der Waals surface area contributed by atoms with E-state index in [4.69, 9.17) is 5.11 Å². The van der Waals surface area contributed by atoms with Gasteiger partial charge in [-0.1, -0.05) is 20.3 Å². The number of carbonyl (C=O) groups is 2. The van der Waals surface area contributed by atoms with Gasteiger partial charge in [-0.3, -0.25) is 4.79 Å². The van der Waals surface area contributed by atoms with Crippen LogP contribution >= 0.6 is 11.3 Å². The molecule has 1 aromatic heterocycles. The van der Waals surface area contributed by atoms with Crippen LogP contribution in [0.15, 0.2) is 5.38 Å². The summed E-state index contributed by atoms with van der Waals surface area (Å²) in [6.07, 6.45) is 0.707. The second-order valence-corrected chi connectivity index (χ2v) is 5.59. The van der Waals surface area contributed by atoms with Crippen LogP contribution in [0.2, 0.25) is 0 Å². The first kappa shape index (κ1) is 14.7. The molecule has 1 rings (SSSR count). The highest BCUT2D eigenvalue weighted by atomic mass is 32.1. The summed E-state index contributed by atoms with van der Waals surface area (Å²) in [5.41, 5.74) is 1.50. The van der Waals surface area contributed by atoms with E-state index in [2.05, 4.69) is 5.32 Å². The SMILES string of the molecule is CCC(C)C(NC(=O)c1csc(C)c1C)C(=O)O. The van der Waals surface area contributed by atoms with Gasteiger partial charge >= 0.3 is 5.97 Å². The van der Waals surface area contributed by atoms with Crippen molar-refractivity contribution in [3.8, 4) is 0 Å².